The highest BCUT2D eigenvalue weighted by Crippen LogP contribution is 2.18. The molecule has 0 amide bonds. The summed E-state index contributed by atoms with van der Waals surface area (Å²) < 4.78 is 6.26. The van der Waals surface area contributed by atoms with Crippen molar-refractivity contribution in [1.82, 2.24) is 15.0 Å². The van der Waals surface area contributed by atoms with Crippen LogP contribution >= 0.6 is 0 Å². The molecule has 0 spiro atoms. The van der Waals surface area contributed by atoms with Crippen molar-refractivity contribution in [1.29, 1.82) is 0 Å². The van der Waals surface area contributed by atoms with Crippen molar-refractivity contribution in [3.63, 3.8) is 0 Å². The molecule has 0 saturated carbocycles. The summed E-state index contributed by atoms with van der Waals surface area (Å²) in [5.74, 6) is 0.345. The Hall–Kier alpha value is -3.29. The molecule has 0 bridgehead atoms. The molecule has 3 rings (SSSR count). The number of aromatic nitrogens is 3. The lowest BCUT2D eigenvalue weighted by atomic mass is 10.2. The molecular weight excluding hydrogens is 336 g/mol. The zero-order valence-electron chi connectivity index (χ0n) is 14.6. The summed E-state index contributed by atoms with van der Waals surface area (Å²) >= 11 is 0. The normalized spacial score (nSPS) is 11.7. The fourth-order valence-electron chi connectivity index (χ4n) is 2.47. The van der Waals surface area contributed by atoms with Crippen LogP contribution in [0.15, 0.2) is 43.3 Å². The molecule has 1 N–H and O–H groups in total. The molecule has 0 aliphatic heterocycles. The Bertz CT molecular complexity index is 1110. The maximum Gasteiger partial charge on any atom is 0.348 e. The number of aromatic hydroxyl groups is 1. The van der Waals surface area contributed by atoms with Crippen LogP contribution in [0.2, 0.25) is 0 Å². The van der Waals surface area contributed by atoms with Gasteiger partial charge in [0.15, 0.2) is 0 Å². The predicted molar refractivity (Wildman–Crippen MR) is 97.3 cm³/mol. The number of hydrogen-bond donors (Lipinski definition) is 1. The fourth-order valence-corrected chi connectivity index (χ4v) is 2.47. The zero-order chi connectivity index (χ0) is 18.8. The Kier molecular flexibility index (Phi) is 4.66. The molecule has 2 aromatic heterocycles. The van der Waals surface area contributed by atoms with Gasteiger partial charge in [0.25, 0.3) is 5.56 Å². The van der Waals surface area contributed by atoms with E-state index in [0.29, 0.717) is 28.9 Å². The molecule has 1 aromatic carbocycles. The van der Waals surface area contributed by atoms with Gasteiger partial charge in [-0.05, 0) is 31.0 Å². The lowest BCUT2D eigenvalue weighted by Crippen LogP contribution is -2.26. The molecule has 0 atom stereocenters. The molecule has 3 aromatic rings. The summed E-state index contributed by atoms with van der Waals surface area (Å²) in [6.07, 6.45) is 1.21. The van der Waals surface area contributed by atoms with Gasteiger partial charge in [0.2, 0.25) is 0 Å². The second-order valence-electron chi connectivity index (χ2n) is 6.37. The number of aliphatic imine (C=N–C) groups is 1. The molecule has 0 aliphatic rings. The van der Waals surface area contributed by atoms with Gasteiger partial charge in [0.05, 0.1) is 11.1 Å². The van der Waals surface area contributed by atoms with Gasteiger partial charge >= 0.3 is 5.63 Å². The number of hydrogen-bond acceptors (Lipinski definition) is 7. The molecular formula is C18H18N4O4. The Morgan fingerprint density at radius 3 is 2.77 bits per heavy atom. The van der Waals surface area contributed by atoms with Crippen LogP contribution < -0.4 is 11.2 Å². The fraction of sp³-hybridized carbons (Fsp3) is 0.278. The molecule has 134 valence electrons. The number of benzene rings is 1. The quantitative estimate of drug-likeness (QED) is 0.719. The molecule has 0 radical (unpaired) electrons. The Morgan fingerprint density at radius 2 is 2.08 bits per heavy atom. The number of rotatable bonds is 4. The molecule has 2 heterocycles. The second kappa shape index (κ2) is 6.91. The summed E-state index contributed by atoms with van der Waals surface area (Å²) in [5.41, 5.74) is -0.0823. The van der Waals surface area contributed by atoms with E-state index in [1.165, 1.54) is 17.0 Å². The van der Waals surface area contributed by atoms with Crippen LogP contribution in [0, 0.1) is 12.8 Å². The molecule has 8 nitrogen and oxygen atoms in total. The minimum absolute atomic E-state index is 0.0548. The van der Waals surface area contributed by atoms with Crippen molar-refractivity contribution in [3.8, 4) is 5.75 Å². The van der Waals surface area contributed by atoms with Gasteiger partial charge in [-0.25, -0.2) is 9.48 Å². The van der Waals surface area contributed by atoms with Crippen LogP contribution in [0.4, 0.5) is 5.69 Å². The average molecular weight is 354 g/mol. The standard InChI is InChI=1S/C18H18N4O4/c1-10(2)9-22-17(24)13-7-12(4-5-15(13)20-21-22)19-8-14-16(23)6-11(3)26-18(14)25/h4-8,10,23H,9H2,1-3H3. The number of nitrogens with zero attached hydrogens (tertiary/aromatic N) is 4. The van der Waals surface area contributed by atoms with E-state index in [1.807, 2.05) is 13.8 Å². The third-order valence-electron chi connectivity index (χ3n) is 3.68. The van der Waals surface area contributed by atoms with Crippen molar-refractivity contribution in [2.24, 2.45) is 10.9 Å². The average Bonchev–Trinajstić information content (AvgIpc) is 2.56. The van der Waals surface area contributed by atoms with Crippen molar-refractivity contribution >= 4 is 22.8 Å². The van der Waals surface area contributed by atoms with Gasteiger partial charge in [0, 0.05) is 18.8 Å². The molecule has 8 heteroatoms. The minimum atomic E-state index is -0.683. The first-order valence-electron chi connectivity index (χ1n) is 8.10. The SMILES string of the molecule is Cc1cc(O)c(C=Nc2ccc3nnn(CC(C)C)c(=O)c3c2)c(=O)o1. The zero-order valence-corrected chi connectivity index (χ0v) is 14.6. The van der Waals surface area contributed by atoms with E-state index in [2.05, 4.69) is 15.3 Å². The van der Waals surface area contributed by atoms with Crippen molar-refractivity contribution < 1.29 is 9.52 Å². The largest absolute Gasteiger partial charge is 0.507 e. The Balaban J connectivity index is 2.03. The summed E-state index contributed by atoms with van der Waals surface area (Å²) in [7, 11) is 0. The lowest BCUT2D eigenvalue weighted by Gasteiger charge is -2.07. The van der Waals surface area contributed by atoms with E-state index in [4.69, 9.17) is 4.42 Å². The topological polar surface area (TPSA) is 111 Å². The third kappa shape index (κ3) is 3.53. The van der Waals surface area contributed by atoms with Gasteiger partial charge in [-0.1, -0.05) is 19.1 Å². The van der Waals surface area contributed by atoms with Crippen LogP contribution in [0.25, 0.3) is 10.9 Å². The minimum Gasteiger partial charge on any atom is -0.507 e. The summed E-state index contributed by atoms with van der Waals surface area (Å²) in [6, 6.07) is 6.19. The van der Waals surface area contributed by atoms with Crippen molar-refractivity contribution in [2.75, 3.05) is 0 Å². The van der Waals surface area contributed by atoms with Crippen LogP contribution in [-0.4, -0.2) is 26.3 Å². The number of fused-ring (bicyclic) bond motifs is 1. The van der Waals surface area contributed by atoms with Crippen molar-refractivity contribution in [3.05, 3.63) is 56.4 Å². The first-order valence-corrected chi connectivity index (χ1v) is 8.10. The van der Waals surface area contributed by atoms with Gasteiger partial charge in [-0.15, -0.1) is 5.10 Å². The van der Waals surface area contributed by atoms with Crippen molar-refractivity contribution in [2.45, 2.75) is 27.3 Å². The third-order valence-corrected chi connectivity index (χ3v) is 3.68. The first kappa shape index (κ1) is 17.5. The van der Waals surface area contributed by atoms with Gasteiger partial charge in [0.1, 0.15) is 22.6 Å². The van der Waals surface area contributed by atoms with E-state index in [-0.39, 0.29) is 22.8 Å². The van der Waals surface area contributed by atoms with E-state index in [1.54, 1.807) is 25.1 Å². The highest BCUT2D eigenvalue weighted by Gasteiger charge is 2.09. The second-order valence-corrected chi connectivity index (χ2v) is 6.37. The summed E-state index contributed by atoms with van der Waals surface area (Å²) in [5, 5.41) is 18.2. The highest BCUT2D eigenvalue weighted by atomic mass is 16.4. The monoisotopic (exact) mass is 354 g/mol. The van der Waals surface area contributed by atoms with E-state index < -0.39 is 5.63 Å². The van der Waals surface area contributed by atoms with Gasteiger partial charge < -0.3 is 9.52 Å². The molecule has 0 aliphatic carbocycles. The van der Waals surface area contributed by atoms with Gasteiger partial charge in [-0.2, -0.15) is 0 Å². The molecule has 26 heavy (non-hydrogen) atoms. The molecule has 0 fully saturated rings. The van der Waals surface area contributed by atoms with Crippen LogP contribution in [0.1, 0.15) is 25.2 Å². The highest BCUT2D eigenvalue weighted by molar-refractivity contribution is 5.86. The summed E-state index contributed by atoms with van der Waals surface area (Å²) in [4.78, 5) is 28.5. The number of aryl methyl sites for hydroxylation is 1. The Labute approximate surface area is 148 Å². The first-order chi connectivity index (χ1) is 12.3. The molecule has 0 saturated heterocycles. The van der Waals surface area contributed by atoms with E-state index >= 15 is 0 Å². The predicted octanol–water partition coefficient (Wildman–Crippen LogP) is 2.17. The Morgan fingerprint density at radius 1 is 1.31 bits per heavy atom. The lowest BCUT2D eigenvalue weighted by molar-refractivity contribution is 0.433. The maximum atomic E-state index is 12.5. The molecule has 0 unspecified atom stereocenters. The maximum absolute atomic E-state index is 12.5. The van der Waals surface area contributed by atoms with Crippen LogP contribution in [0.5, 0.6) is 5.75 Å². The van der Waals surface area contributed by atoms with E-state index in [0.717, 1.165) is 0 Å². The van der Waals surface area contributed by atoms with Gasteiger partial charge in [-0.3, -0.25) is 9.79 Å². The van der Waals surface area contributed by atoms with E-state index in [9.17, 15) is 14.7 Å². The smallest absolute Gasteiger partial charge is 0.348 e. The van der Waals surface area contributed by atoms with Crippen LogP contribution in [-0.2, 0) is 6.54 Å². The van der Waals surface area contributed by atoms with Crippen LogP contribution in [0.3, 0.4) is 0 Å². The summed E-state index contributed by atoms with van der Waals surface area (Å²) in [6.45, 7) is 6.00.